The van der Waals surface area contributed by atoms with Gasteiger partial charge in [0.25, 0.3) is 11.1 Å². The zero-order valence-electron chi connectivity index (χ0n) is 42.8. The number of fused-ring (bicyclic) bond motifs is 10. The topological polar surface area (TPSA) is 235 Å². The third-order valence-electron chi connectivity index (χ3n) is 15.3. The minimum absolute atomic E-state index is 0.107. The maximum atomic E-state index is 13.6. The van der Waals surface area contributed by atoms with Gasteiger partial charge in [-0.2, -0.15) is 10.2 Å². The van der Waals surface area contributed by atoms with E-state index in [1.54, 1.807) is 47.8 Å². The summed E-state index contributed by atoms with van der Waals surface area (Å²) in [5.74, 6) is -1.41. The summed E-state index contributed by atoms with van der Waals surface area (Å²) in [6.07, 6.45) is 9.26. The zero-order chi connectivity index (χ0) is 53.0. The molecule has 10 heterocycles. The van der Waals surface area contributed by atoms with Gasteiger partial charge in [-0.15, -0.1) is 0 Å². The fourth-order valence-electron chi connectivity index (χ4n) is 10.8. The highest BCUT2D eigenvalue weighted by atomic mass is 127. The number of alkyl halides is 1. The molecular weight excluding hydrogens is 1100 g/mol. The van der Waals surface area contributed by atoms with E-state index in [2.05, 4.69) is 86.2 Å². The molecule has 75 heavy (non-hydrogen) atoms. The van der Waals surface area contributed by atoms with E-state index in [9.17, 15) is 29.4 Å². The Morgan fingerprint density at radius 3 is 1.59 bits per heavy atom. The number of ether oxygens (including phenoxy) is 2. The molecule has 18 nitrogen and oxygen atoms in total. The van der Waals surface area contributed by atoms with Crippen LogP contribution < -0.4 is 11.1 Å². The molecular formula is C54H59IN10O8Si2. The normalized spacial score (nSPS) is 18.1. The van der Waals surface area contributed by atoms with Gasteiger partial charge in [-0.25, -0.2) is 29.5 Å². The highest BCUT2D eigenvalue weighted by Gasteiger charge is 2.47. The monoisotopic (exact) mass is 1160 g/mol. The lowest BCUT2D eigenvalue weighted by molar-refractivity contribution is -0.172. The number of rotatable bonds is 11. The van der Waals surface area contributed by atoms with E-state index in [-0.39, 0.29) is 37.2 Å². The van der Waals surface area contributed by atoms with Gasteiger partial charge >= 0.3 is 11.9 Å². The number of H-pyrrole nitrogens is 1. The number of nitrogens with one attached hydrogen (secondary N) is 1. The van der Waals surface area contributed by atoms with Gasteiger partial charge in [0.1, 0.15) is 38.5 Å². The average Bonchev–Trinajstić information content (AvgIpc) is 4.27. The molecule has 4 aliphatic heterocycles. The van der Waals surface area contributed by atoms with E-state index in [1.807, 2.05) is 41.1 Å². The third-order valence-corrected chi connectivity index (χ3v) is 26.6. The second kappa shape index (κ2) is 20.2. The van der Waals surface area contributed by atoms with Crippen molar-refractivity contribution >= 4 is 72.5 Å². The predicted octanol–water partition coefficient (Wildman–Crippen LogP) is 7.27. The van der Waals surface area contributed by atoms with Crippen LogP contribution in [0.3, 0.4) is 0 Å². The Morgan fingerprint density at radius 2 is 1.17 bits per heavy atom. The molecule has 0 saturated carbocycles. The van der Waals surface area contributed by atoms with Crippen LogP contribution in [0.5, 0.6) is 0 Å². The number of halogens is 1. The molecule has 3 N–H and O–H groups in total. The molecule has 2 atom stereocenters. The molecule has 4 aliphatic rings. The van der Waals surface area contributed by atoms with E-state index in [0.29, 0.717) is 46.7 Å². The predicted molar refractivity (Wildman–Crippen MR) is 296 cm³/mol. The van der Waals surface area contributed by atoms with Gasteiger partial charge in [0, 0.05) is 39.2 Å². The fourth-order valence-corrected chi connectivity index (χ4v) is 15.1. The van der Waals surface area contributed by atoms with Crippen LogP contribution in [0, 0.1) is 0 Å². The Hall–Kier alpha value is -6.54. The number of pyridine rings is 4. The summed E-state index contributed by atoms with van der Waals surface area (Å²) in [7, 11) is -2.98. The molecule has 0 radical (unpaired) electrons. The van der Waals surface area contributed by atoms with E-state index < -0.39 is 39.3 Å². The first-order chi connectivity index (χ1) is 35.9. The quantitative estimate of drug-likeness (QED) is 0.0500. The van der Waals surface area contributed by atoms with Gasteiger partial charge in [0.2, 0.25) is 0 Å². The van der Waals surface area contributed by atoms with Crippen molar-refractivity contribution in [3.63, 3.8) is 0 Å². The van der Waals surface area contributed by atoms with Gasteiger partial charge in [-0.1, -0.05) is 111 Å². The number of esters is 2. The van der Waals surface area contributed by atoms with Crippen molar-refractivity contribution in [1.29, 1.82) is 0 Å². The maximum absolute atomic E-state index is 13.6. The summed E-state index contributed by atoms with van der Waals surface area (Å²) in [4.78, 5) is 69.6. The lowest BCUT2D eigenvalue weighted by Crippen LogP contribution is -2.44. The highest BCUT2D eigenvalue weighted by molar-refractivity contribution is 14.1. The number of hydrogen-bond donors (Lipinski definition) is 3. The maximum Gasteiger partial charge on any atom is 0.343 e. The van der Waals surface area contributed by atoms with E-state index in [4.69, 9.17) is 19.4 Å². The van der Waals surface area contributed by atoms with Crippen molar-refractivity contribution < 1.29 is 29.3 Å². The van der Waals surface area contributed by atoms with Crippen LogP contribution in [-0.2, 0) is 75.6 Å². The number of nitrogens with zero attached hydrogens (tertiary/aromatic N) is 9. The highest BCUT2D eigenvalue weighted by Crippen LogP contribution is 2.43. The van der Waals surface area contributed by atoms with Gasteiger partial charge in [0.15, 0.2) is 11.2 Å². The first-order valence-electron chi connectivity index (χ1n) is 25.2. The van der Waals surface area contributed by atoms with Crippen molar-refractivity contribution in [1.82, 2.24) is 49.0 Å². The zero-order valence-corrected chi connectivity index (χ0v) is 47.0. The van der Waals surface area contributed by atoms with E-state index >= 15 is 0 Å². The number of cyclic esters (lactones) is 2. The first kappa shape index (κ1) is 51.9. The van der Waals surface area contributed by atoms with Gasteiger partial charge in [-0.3, -0.25) is 19.4 Å². The summed E-state index contributed by atoms with van der Waals surface area (Å²) < 4.78 is 17.0. The van der Waals surface area contributed by atoms with E-state index in [1.165, 1.54) is 27.8 Å². The van der Waals surface area contributed by atoms with Crippen molar-refractivity contribution in [2.24, 2.45) is 0 Å². The third kappa shape index (κ3) is 9.39. The molecule has 8 aromatic rings. The largest absolute Gasteiger partial charge is 0.458 e. The summed E-state index contributed by atoms with van der Waals surface area (Å²) in [6.45, 7) is 13.6. The number of aliphatic hydroxyl groups is 2. The number of aromatic amines is 1. The number of carbonyl (C=O) groups is 2. The summed E-state index contributed by atoms with van der Waals surface area (Å²) in [6, 6.07) is 22.0. The molecule has 0 bridgehead atoms. The second-order valence-corrected chi connectivity index (χ2v) is 33.8. The standard InChI is InChI=1S/C27H29N5O4Si.C25H27IN2O4Si.C2H3N3/c1-4-27(35)21-11-23-24-19(12-32(23)25(33)20(21)13-36-26(27)34)17(18-7-5-6-8-22(18)30-24)9-10-37(2,3)16-31-15-28-14-29-31;1-4-25(31)19-11-21-22-17(12-28(21)23(29)18(19)13-32-24(25)30)15(9-10-33(2,3)14-26)16-7-5-6-8-20(16)27-22;1-3-2-5-4-1/h5-8,11,14-15,35H,4,9-10,12-13,16H2,1-3H3;5-8,11,31H,4,9-10,12-14H2,1-3H3;1-2H,(H,3,4,5)/t27-;25-;/m00./s1. The number of benzene rings is 2. The molecule has 0 amide bonds. The van der Waals surface area contributed by atoms with Crippen molar-refractivity contribution in [3.8, 4) is 22.8 Å². The molecule has 0 unspecified atom stereocenters. The molecule has 2 aromatic carbocycles. The molecule has 0 spiro atoms. The molecule has 6 aromatic heterocycles. The molecule has 0 saturated heterocycles. The van der Waals surface area contributed by atoms with Crippen LogP contribution in [0.1, 0.15) is 71.2 Å². The van der Waals surface area contributed by atoms with Gasteiger partial charge in [0.05, 0.1) is 74.2 Å². The molecule has 388 valence electrons. The molecule has 0 fully saturated rings. The minimum atomic E-state index is -1.83. The number of aryl methyl sites for hydroxylation is 2. The SMILES string of the molecule is CC[C@@]1(O)C(=O)OCc2c1cc1n(c2=O)Cc2c-1nc1ccccc1c2CC[Si](C)(C)CI.CC[C@@]1(O)C(=O)OCc2c1cc1n(c2=O)Cc2c-1nc1ccccc1c2CC[Si](C)(C)Cn1cncn1.c1nc[nH]n1. The number of hydrogen-bond acceptors (Lipinski definition) is 14. The fraction of sp³-hybridized carbons (Fsp3) is 0.370. The van der Waals surface area contributed by atoms with Crippen molar-refractivity contribution in [2.75, 3.05) is 4.05 Å². The molecule has 0 aliphatic carbocycles. The molecule has 21 heteroatoms. The lowest BCUT2D eigenvalue weighted by Gasteiger charge is -2.31. The van der Waals surface area contributed by atoms with Crippen LogP contribution in [0.2, 0.25) is 38.3 Å². The van der Waals surface area contributed by atoms with Gasteiger partial charge in [-0.05, 0) is 65.1 Å². The average molecular weight is 1160 g/mol. The second-order valence-electron chi connectivity index (χ2n) is 21.3. The Balaban J connectivity index is 0.000000157. The Morgan fingerprint density at radius 1 is 0.680 bits per heavy atom. The summed E-state index contributed by atoms with van der Waals surface area (Å²) in [5.41, 5.74) is 6.55. The van der Waals surface area contributed by atoms with Crippen LogP contribution >= 0.6 is 22.6 Å². The smallest absolute Gasteiger partial charge is 0.343 e. The number of aromatic nitrogens is 10. The number of para-hydroxylation sites is 2. The summed E-state index contributed by atoms with van der Waals surface area (Å²) in [5, 5.41) is 34.8. The Labute approximate surface area is 447 Å². The molecule has 12 rings (SSSR count). The van der Waals surface area contributed by atoms with Crippen LogP contribution in [0.25, 0.3) is 44.6 Å². The van der Waals surface area contributed by atoms with Gasteiger partial charge < -0.3 is 28.8 Å². The number of carbonyl (C=O) groups excluding carboxylic acids is 2. The summed E-state index contributed by atoms with van der Waals surface area (Å²) >= 11 is 2.50. The Kier molecular flexibility index (Phi) is 14.0. The van der Waals surface area contributed by atoms with Crippen LogP contribution in [0.15, 0.2) is 95.6 Å². The van der Waals surface area contributed by atoms with Crippen LogP contribution in [0.4, 0.5) is 0 Å². The first-order valence-corrected chi connectivity index (χ1v) is 33.6. The lowest BCUT2D eigenvalue weighted by atomic mass is 9.86. The van der Waals surface area contributed by atoms with Crippen molar-refractivity contribution in [2.45, 2.75) is 121 Å². The Bertz CT molecular complexity index is 3640. The van der Waals surface area contributed by atoms with Crippen LogP contribution in [-0.4, -0.2) is 91.4 Å². The minimum Gasteiger partial charge on any atom is -0.458 e. The van der Waals surface area contributed by atoms with E-state index in [0.717, 1.165) is 75.4 Å². The van der Waals surface area contributed by atoms with Crippen molar-refractivity contribution in [3.05, 3.63) is 151 Å².